The molecule has 0 aliphatic heterocycles. The summed E-state index contributed by atoms with van der Waals surface area (Å²) in [6, 6.07) is 7.48. The van der Waals surface area contributed by atoms with Gasteiger partial charge in [-0.2, -0.15) is 5.26 Å². The number of ether oxygens (including phenoxy) is 1. The number of carbonyl (C=O) groups excluding carboxylic acids is 1. The standard InChI is InChI=1S/C15H15BrN2O2/c1-15(2,3)20-14(19)18-9-11(7-16)13-10(8-17)5-4-6-12(13)18/h4-6,9H,7H2,1-3H3. The van der Waals surface area contributed by atoms with Crippen LogP contribution in [-0.4, -0.2) is 16.3 Å². The maximum Gasteiger partial charge on any atom is 0.419 e. The fourth-order valence-electron chi connectivity index (χ4n) is 2.02. The van der Waals surface area contributed by atoms with Crippen molar-refractivity contribution in [1.29, 1.82) is 5.26 Å². The van der Waals surface area contributed by atoms with Gasteiger partial charge in [-0.15, -0.1) is 0 Å². The molecule has 20 heavy (non-hydrogen) atoms. The molecular weight excluding hydrogens is 320 g/mol. The summed E-state index contributed by atoms with van der Waals surface area (Å²) in [5.41, 5.74) is 1.57. The van der Waals surface area contributed by atoms with Gasteiger partial charge in [-0.1, -0.05) is 22.0 Å². The van der Waals surface area contributed by atoms with Crippen LogP contribution in [0, 0.1) is 11.3 Å². The number of carbonyl (C=O) groups is 1. The normalized spacial score (nSPS) is 11.3. The van der Waals surface area contributed by atoms with Crippen LogP contribution in [0.1, 0.15) is 31.9 Å². The zero-order valence-electron chi connectivity index (χ0n) is 11.6. The number of nitriles is 1. The summed E-state index contributed by atoms with van der Waals surface area (Å²) in [5, 5.41) is 10.6. The molecule has 5 heteroatoms. The molecule has 0 radical (unpaired) electrons. The molecule has 0 amide bonds. The third kappa shape index (κ3) is 2.70. The van der Waals surface area contributed by atoms with Crippen molar-refractivity contribution in [1.82, 2.24) is 4.57 Å². The first-order valence-electron chi connectivity index (χ1n) is 6.19. The number of alkyl halides is 1. The third-order valence-corrected chi connectivity index (χ3v) is 3.37. The van der Waals surface area contributed by atoms with Crippen molar-refractivity contribution in [2.75, 3.05) is 0 Å². The van der Waals surface area contributed by atoms with Crippen molar-refractivity contribution < 1.29 is 9.53 Å². The van der Waals surface area contributed by atoms with Gasteiger partial charge in [0, 0.05) is 16.9 Å². The zero-order valence-corrected chi connectivity index (χ0v) is 13.2. The smallest absolute Gasteiger partial charge is 0.419 e. The molecule has 0 saturated carbocycles. The summed E-state index contributed by atoms with van der Waals surface area (Å²) in [6.45, 7) is 5.47. The number of nitrogens with zero attached hydrogens (tertiary/aromatic N) is 2. The molecule has 1 heterocycles. The van der Waals surface area contributed by atoms with Crippen molar-refractivity contribution in [2.45, 2.75) is 31.7 Å². The predicted molar refractivity (Wildman–Crippen MR) is 80.9 cm³/mol. The van der Waals surface area contributed by atoms with Crippen LogP contribution in [0.5, 0.6) is 0 Å². The summed E-state index contributed by atoms with van der Waals surface area (Å²) in [5.74, 6) is 0. The van der Waals surface area contributed by atoms with Crippen LogP contribution in [-0.2, 0) is 10.1 Å². The molecule has 0 N–H and O–H groups in total. The molecule has 0 bridgehead atoms. The fourth-order valence-corrected chi connectivity index (χ4v) is 2.45. The van der Waals surface area contributed by atoms with Crippen molar-refractivity contribution in [3.05, 3.63) is 35.5 Å². The molecule has 0 atom stereocenters. The monoisotopic (exact) mass is 334 g/mol. The molecule has 104 valence electrons. The van der Waals surface area contributed by atoms with E-state index in [-0.39, 0.29) is 0 Å². The van der Waals surface area contributed by atoms with E-state index in [0.717, 1.165) is 10.9 Å². The van der Waals surface area contributed by atoms with Crippen LogP contribution >= 0.6 is 15.9 Å². The zero-order chi connectivity index (χ0) is 14.9. The number of hydrogen-bond acceptors (Lipinski definition) is 3. The van der Waals surface area contributed by atoms with Gasteiger partial charge in [0.2, 0.25) is 0 Å². The van der Waals surface area contributed by atoms with E-state index in [2.05, 4.69) is 22.0 Å². The minimum absolute atomic E-state index is 0.440. The molecule has 0 aliphatic carbocycles. The number of benzene rings is 1. The van der Waals surface area contributed by atoms with Crippen LogP contribution < -0.4 is 0 Å². The molecule has 0 spiro atoms. The first kappa shape index (κ1) is 14.6. The summed E-state index contributed by atoms with van der Waals surface area (Å²) in [7, 11) is 0. The van der Waals surface area contributed by atoms with Gasteiger partial charge in [0.05, 0.1) is 17.1 Å². The Morgan fingerprint density at radius 2 is 2.15 bits per heavy atom. The first-order chi connectivity index (χ1) is 9.37. The van der Waals surface area contributed by atoms with Gasteiger partial charge in [-0.25, -0.2) is 4.79 Å². The lowest BCUT2D eigenvalue weighted by Crippen LogP contribution is -2.26. The molecule has 1 aromatic carbocycles. The van der Waals surface area contributed by atoms with Crippen LogP contribution in [0.25, 0.3) is 10.9 Å². The minimum Gasteiger partial charge on any atom is -0.443 e. The third-order valence-electron chi connectivity index (χ3n) is 2.76. The number of aromatic nitrogens is 1. The van der Waals surface area contributed by atoms with E-state index in [1.165, 1.54) is 4.57 Å². The largest absolute Gasteiger partial charge is 0.443 e. The number of halogens is 1. The van der Waals surface area contributed by atoms with Gasteiger partial charge in [0.15, 0.2) is 0 Å². The summed E-state index contributed by atoms with van der Waals surface area (Å²) in [4.78, 5) is 12.2. The van der Waals surface area contributed by atoms with Gasteiger partial charge in [-0.3, -0.25) is 4.57 Å². The van der Waals surface area contributed by atoms with E-state index in [1.807, 2.05) is 26.8 Å². The van der Waals surface area contributed by atoms with E-state index in [0.29, 0.717) is 16.4 Å². The fraction of sp³-hybridized carbons (Fsp3) is 0.333. The lowest BCUT2D eigenvalue weighted by atomic mass is 10.1. The van der Waals surface area contributed by atoms with Gasteiger partial charge in [0.1, 0.15) is 5.60 Å². The second kappa shape index (κ2) is 5.29. The van der Waals surface area contributed by atoms with E-state index < -0.39 is 11.7 Å². The van der Waals surface area contributed by atoms with E-state index in [4.69, 9.17) is 4.74 Å². The molecule has 4 nitrogen and oxygen atoms in total. The van der Waals surface area contributed by atoms with Crippen molar-refractivity contribution >= 4 is 32.9 Å². The lowest BCUT2D eigenvalue weighted by Gasteiger charge is -2.19. The highest BCUT2D eigenvalue weighted by atomic mass is 79.9. The first-order valence-corrected chi connectivity index (χ1v) is 7.32. The molecular formula is C15H15BrN2O2. The van der Waals surface area contributed by atoms with Crippen molar-refractivity contribution in [2.24, 2.45) is 0 Å². The van der Waals surface area contributed by atoms with Crippen molar-refractivity contribution in [3.63, 3.8) is 0 Å². The Morgan fingerprint density at radius 3 is 2.70 bits per heavy atom. The quantitative estimate of drug-likeness (QED) is 0.734. The Hall–Kier alpha value is -1.80. The average molecular weight is 335 g/mol. The average Bonchev–Trinajstić information content (AvgIpc) is 2.75. The highest BCUT2D eigenvalue weighted by molar-refractivity contribution is 9.08. The van der Waals surface area contributed by atoms with Crippen LogP contribution in [0.15, 0.2) is 24.4 Å². The highest BCUT2D eigenvalue weighted by Gasteiger charge is 2.21. The van der Waals surface area contributed by atoms with Gasteiger partial charge in [-0.05, 0) is 38.5 Å². The summed E-state index contributed by atoms with van der Waals surface area (Å²) >= 11 is 3.39. The lowest BCUT2D eigenvalue weighted by molar-refractivity contribution is 0.0544. The second-order valence-electron chi connectivity index (χ2n) is 5.45. The van der Waals surface area contributed by atoms with Gasteiger partial charge < -0.3 is 4.74 Å². The Labute approximate surface area is 126 Å². The van der Waals surface area contributed by atoms with E-state index >= 15 is 0 Å². The number of fused-ring (bicyclic) bond motifs is 1. The Balaban J connectivity index is 2.62. The van der Waals surface area contributed by atoms with Crippen LogP contribution in [0.3, 0.4) is 0 Å². The highest BCUT2D eigenvalue weighted by Crippen LogP contribution is 2.27. The molecule has 2 aromatic rings. The van der Waals surface area contributed by atoms with Crippen LogP contribution in [0.4, 0.5) is 4.79 Å². The van der Waals surface area contributed by atoms with E-state index in [1.54, 1.807) is 18.3 Å². The predicted octanol–water partition coefficient (Wildman–Crippen LogP) is 4.19. The van der Waals surface area contributed by atoms with E-state index in [9.17, 15) is 10.1 Å². The number of rotatable bonds is 1. The molecule has 0 saturated heterocycles. The topological polar surface area (TPSA) is 55.0 Å². The maximum atomic E-state index is 12.2. The van der Waals surface area contributed by atoms with Gasteiger partial charge in [0.25, 0.3) is 0 Å². The van der Waals surface area contributed by atoms with Crippen LogP contribution in [0.2, 0.25) is 0 Å². The maximum absolute atomic E-state index is 12.2. The molecule has 0 unspecified atom stereocenters. The summed E-state index contributed by atoms with van der Waals surface area (Å²) in [6.07, 6.45) is 1.28. The SMILES string of the molecule is CC(C)(C)OC(=O)n1cc(CBr)c2c(C#N)cccc21. The Bertz CT molecular complexity index is 705. The molecule has 1 aromatic heterocycles. The second-order valence-corrected chi connectivity index (χ2v) is 6.01. The molecule has 0 fully saturated rings. The van der Waals surface area contributed by atoms with Gasteiger partial charge >= 0.3 is 6.09 Å². The Kier molecular flexibility index (Phi) is 3.87. The molecule has 0 aliphatic rings. The molecule has 2 rings (SSSR count). The Morgan fingerprint density at radius 1 is 1.45 bits per heavy atom. The minimum atomic E-state index is -0.560. The van der Waals surface area contributed by atoms with Crippen molar-refractivity contribution in [3.8, 4) is 6.07 Å². The summed E-state index contributed by atoms with van der Waals surface area (Å²) < 4.78 is 6.85. The number of hydrogen-bond donors (Lipinski definition) is 0.